The first kappa shape index (κ1) is 22.4. The van der Waals surface area contributed by atoms with Crippen molar-refractivity contribution in [1.29, 1.82) is 0 Å². The second kappa shape index (κ2) is 9.46. The number of amides is 2. The molecule has 1 N–H and O–H groups in total. The number of rotatable bonds is 6. The number of hydrogen-bond acceptors (Lipinski definition) is 5. The van der Waals surface area contributed by atoms with E-state index in [0.717, 1.165) is 34.6 Å². The molecule has 34 heavy (non-hydrogen) atoms. The zero-order chi connectivity index (χ0) is 23.7. The summed E-state index contributed by atoms with van der Waals surface area (Å²) in [6.07, 6.45) is 3.42. The Balaban J connectivity index is 1.28. The van der Waals surface area contributed by atoms with Crippen LogP contribution in [0.15, 0.2) is 40.9 Å². The van der Waals surface area contributed by atoms with Crippen LogP contribution in [-0.2, 0) is 28.9 Å². The van der Waals surface area contributed by atoms with Gasteiger partial charge in [-0.05, 0) is 30.4 Å². The van der Waals surface area contributed by atoms with Crippen LogP contribution in [0.25, 0.3) is 11.3 Å². The molecule has 1 aliphatic heterocycles. The van der Waals surface area contributed by atoms with E-state index in [1.165, 1.54) is 5.56 Å². The Morgan fingerprint density at radius 3 is 2.68 bits per heavy atom. The predicted molar refractivity (Wildman–Crippen MR) is 127 cm³/mol. The number of fused-ring (bicyclic) bond motifs is 3. The molecule has 2 aliphatic rings. The van der Waals surface area contributed by atoms with Crippen molar-refractivity contribution in [2.45, 2.75) is 39.2 Å². The first-order valence-corrected chi connectivity index (χ1v) is 11.9. The number of aryl methyl sites for hydroxylation is 2. The lowest BCUT2D eigenvalue weighted by Crippen LogP contribution is -2.40. The van der Waals surface area contributed by atoms with Gasteiger partial charge in [-0.1, -0.05) is 37.3 Å². The third-order valence-electron chi connectivity index (χ3n) is 6.69. The van der Waals surface area contributed by atoms with Crippen molar-refractivity contribution in [3.63, 3.8) is 0 Å². The molecule has 5 rings (SSSR count). The number of ether oxygens (including phenoxy) is 1. The second-order valence-electron chi connectivity index (χ2n) is 9.08. The molecule has 1 saturated heterocycles. The minimum absolute atomic E-state index is 0.0741. The second-order valence-corrected chi connectivity index (χ2v) is 9.08. The molecule has 0 spiro atoms. The smallest absolute Gasteiger partial charge is 0.290 e. The van der Waals surface area contributed by atoms with Crippen LogP contribution in [-0.4, -0.2) is 59.3 Å². The molecule has 2 aromatic heterocycles. The van der Waals surface area contributed by atoms with Gasteiger partial charge in [0.25, 0.3) is 5.91 Å². The summed E-state index contributed by atoms with van der Waals surface area (Å²) in [5.74, 6) is 1.25. The quantitative estimate of drug-likeness (QED) is 0.608. The Bertz CT molecular complexity index is 1190. The van der Waals surface area contributed by atoms with E-state index in [2.05, 4.69) is 24.4 Å². The maximum atomic E-state index is 13.0. The van der Waals surface area contributed by atoms with Crippen molar-refractivity contribution in [2.24, 2.45) is 0 Å². The summed E-state index contributed by atoms with van der Waals surface area (Å²) in [5, 5.41) is 7.73. The maximum Gasteiger partial charge on any atom is 0.290 e. The highest BCUT2D eigenvalue weighted by atomic mass is 16.5. The molecule has 178 valence electrons. The van der Waals surface area contributed by atoms with E-state index in [1.807, 2.05) is 31.3 Å². The van der Waals surface area contributed by atoms with Crippen LogP contribution in [0.5, 0.6) is 0 Å². The van der Waals surface area contributed by atoms with Gasteiger partial charge in [0.1, 0.15) is 12.3 Å². The van der Waals surface area contributed by atoms with E-state index in [0.29, 0.717) is 45.0 Å². The molecular formula is C26H30N4O4. The lowest BCUT2D eigenvalue weighted by atomic mass is 9.93. The van der Waals surface area contributed by atoms with E-state index < -0.39 is 0 Å². The highest BCUT2D eigenvalue weighted by Crippen LogP contribution is 2.38. The normalized spacial score (nSPS) is 16.0. The molecule has 8 heteroatoms. The van der Waals surface area contributed by atoms with Crippen LogP contribution >= 0.6 is 0 Å². The SMILES string of the molecule is Cc1c(C(=O)N2CCOCC2)oc2c1-c1nn(CC(=O)NCC(C)c3ccccc3)cc1CC2. The standard InChI is InChI=1S/C26H30N4O4/c1-17(19-6-4-3-5-7-19)14-27-22(31)16-30-15-20-8-9-21-23(24(20)28-30)18(2)25(34-21)26(32)29-10-12-33-13-11-29/h3-7,15,17H,8-14,16H2,1-2H3,(H,27,31). The lowest BCUT2D eigenvalue weighted by molar-refractivity contribution is -0.121. The van der Waals surface area contributed by atoms with Crippen LogP contribution in [0.3, 0.4) is 0 Å². The highest BCUT2D eigenvalue weighted by molar-refractivity contribution is 5.95. The summed E-state index contributed by atoms with van der Waals surface area (Å²) in [5.41, 5.74) is 4.80. The molecule has 3 aromatic rings. The fourth-order valence-corrected chi connectivity index (χ4v) is 4.73. The molecule has 8 nitrogen and oxygen atoms in total. The molecular weight excluding hydrogens is 432 g/mol. The zero-order valence-electron chi connectivity index (χ0n) is 19.7. The minimum atomic E-state index is -0.0944. The van der Waals surface area contributed by atoms with Gasteiger partial charge >= 0.3 is 0 Å². The number of aromatic nitrogens is 2. The van der Waals surface area contributed by atoms with E-state index in [1.54, 1.807) is 9.58 Å². The van der Waals surface area contributed by atoms with Crippen LogP contribution < -0.4 is 5.32 Å². The molecule has 2 amide bonds. The maximum absolute atomic E-state index is 13.0. The van der Waals surface area contributed by atoms with Crippen molar-refractivity contribution in [3.05, 3.63) is 64.7 Å². The molecule has 0 bridgehead atoms. The average Bonchev–Trinajstić information content (AvgIpc) is 3.43. The molecule has 0 radical (unpaired) electrons. The number of morpholine rings is 1. The van der Waals surface area contributed by atoms with Gasteiger partial charge in [0, 0.05) is 43.4 Å². The first-order valence-electron chi connectivity index (χ1n) is 11.9. The molecule has 1 aliphatic carbocycles. The van der Waals surface area contributed by atoms with Crippen LogP contribution in [0.2, 0.25) is 0 Å². The van der Waals surface area contributed by atoms with E-state index in [4.69, 9.17) is 14.3 Å². The van der Waals surface area contributed by atoms with Gasteiger partial charge < -0.3 is 19.4 Å². The summed E-state index contributed by atoms with van der Waals surface area (Å²) in [6.45, 7) is 6.98. The zero-order valence-corrected chi connectivity index (χ0v) is 19.7. The molecule has 1 unspecified atom stereocenters. The summed E-state index contributed by atoms with van der Waals surface area (Å²) in [7, 11) is 0. The Morgan fingerprint density at radius 1 is 1.15 bits per heavy atom. The number of nitrogens with one attached hydrogen (secondary N) is 1. The van der Waals surface area contributed by atoms with Crippen LogP contribution in [0.1, 0.15) is 45.8 Å². The van der Waals surface area contributed by atoms with Gasteiger partial charge in [0.05, 0.1) is 18.9 Å². The lowest BCUT2D eigenvalue weighted by Gasteiger charge is -2.26. The van der Waals surface area contributed by atoms with Crippen molar-refractivity contribution in [3.8, 4) is 11.3 Å². The van der Waals surface area contributed by atoms with Gasteiger partial charge in [0.2, 0.25) is 5.91 Å². The Kier molecular flexibility index (Phi) is 6.24. The number of carbonyl (C=O) groups excluding carboxylic acids is 2. The summed E-state index contributed by atoms with van der Waals surface area (Å²) < 4.78 is 13.1. The van der Waals surface area contributed by atoms with E-state index in [9.17, 15) is 9.59 Å². The van der Waals surface area contributed by atoms with Crippen molar-refractivity contribution >= 4 is 11.8 Å². The first-order chi connectivity index (χ1) is 16.5. The van der Waals surface area contributed by atoms with E-state index >= 15 is 0 Å². The monoisotopic (exact) mass is 462 g/mol. The van der Waals surface area contributed by atoms with Crippen LogP contribution in [0, 0.1) is 6.92 Å². The number of nitrogens with zero attached hydrogens (tertiary/aromatic N) is 3. The fourth-order valence-electron chi connectivity index (χ4n) is 4.73. The van der Waals surface area contributed by atoms with Crippen molar-refractivity contribution < 1.29 is 18.7 Å². The Hall–Kier alpha value is -3.39. The summed E-state index contributed by atoms with van der Waals surface area (Å²) in [4.78, 5) is 27.4. The minimum Gasteiger partial charge on any atom is -0.455 e. The Labute approximate surface area is 198 Å². The van der Waals surface area contributed by atoms with Gasteiger partial charge in [-0.15, -0.1) is 0 Å². The van der Waals surface area contributed by atoms with Gasteiger partial charge in [-0.2, -0.15) is 5.10 Å². The number of furan rings is 1. The third kappa shape index (κ3) is 4.37. The van der Waals surface area contributed by atoms with Crippen molar-refractivity contribution in [1.82, 2.24) is 20.0 Å². The molecule has 1 atom stereocenters. The highest BCUT2D eigenvalue weighted by Gasteiger charge is 2.32. The summed E-state index contributed by atoms with van der Waals surface area (Å²) in [6, 6.07) is 10.1. The summed E-state index contributed by atoms with van der Waals surface area (Å²) >= 11 is 0. The van der Waals surface area contributed by atoms with Gasteiger partial charge in [-0.25, -0.2) is 0 Å². The number of hydrogen-bond donors (Lipinski definition) is 1. The van der Waals surface area contributed by atoms with Gasteiger partial charge in [-0.3, -0.25) is 14.3 Å². The molecule has 0 saturated carbocycles. The fraction of sp³-hybridized carbons (Fsp3) is 0.423. The number of carbonyl (C=O) groups is 2. The predicted octanol–water partition coefficient (Wildman–Crippen LogP) is 2.94. The molecule has 1 fully saturated rings. The largest absolute Gasteiger partial charge is 0.455 e. The Morgan fingerprint density at radius 2 is 1.91 bits per heavy atom. The van der Waals surface area contributed by atoms with E-state index in [-0.39, 0.29) is 24.3 Å². The van der Waals surface area contributed by atoms with Crippen molar-refractivity contribution in [2.75, 3.05) is 32.8 Å². The van der Waals surface area contributed by atoms with Gasteiger partial charge in [0.15, 0.2) is 5.76 Å². The molecule has 3 heterocycles. The number of benzene rings is 1. The average molecular weight is 463 g/mol. The van der Waals surface area contributed by atoms with Crippen LogP contribution in [0.4, 0.5) is 0 Å². The molecule has 1 aromatic carbocycles. The third-order valence-corrected chi connectivity index (χ3v) is 6.69. The topological polar surface area (TPSA) is 89.6 Å².